The number of ketones is 1. The van der Waals surface area contributed by atoms with Crippen molar-refractivity contribution in [2.24, 2.45) is 0 Å². The molecule has 0 bridgehead atoms. The van der Waals surface area contributed by atoms with Gasteiger partial charge in [0.25, 0.3) is 0 Å². The van der Waals surface area contributed by atoms with Crippen molar-refractivity contribution in [3.63, 3.8) is 0 Å². The monoisotopic (exact) mass is 497 g/mol. The highest BCUT2D eigenvalue weighted by Crippen LogP contribution is 2.32. The molecule has 4 rings (SSSR count). The maximum Gasteiger partial charge on any atom is 0.162 e. The Morgan fingerprint density at radius 1 is 0.946 bits per heavy atom. The first kappa shape index (κ1) is 27.3. The van der Waals surface area contributed by atoms with E-state index in [-0.39, 0.29) is 23.4 Å². The number of Topliss-reactive ketones (excluding diaryl/α,β-unsaturated/α-hetero) is 1. The summed E-state index contributed by atoms with van der Waals surface area (Å²) in [5.41, 5.74) is 4.69. The zero-order valence-electron chi connectivity index (χ0n) is 22.9. The zero-order valence-corrected chi connectivity index (χ0v) is 22.9. The standard InChI is InChI=1S/C34H43NO2/c1-34(2,3)30-20-18-27(19-21-30)32(36)17-12-24-35-25-22-31(23-26-35)37-33(29-15-10-7-11-16-29)28-13-8-5-4-6-9-14-28/h4-5,7,9-11,13-16,18-21,31,33H,6,8,12,17,22-26H2,1-3H3/b5-4-,14-9?,28-13+. The second-order valence-corrected chi connectivity index (χ2v) is 11.4. The smallest absolute Gasteiger partial charge is 0.162 e. The molecule has 196 valence electrons. The van der Waals surface area contributed by atoms with E-state index in [2.05, 4.69) is 98.5 Å². The van der Waals surface area contributed by atoms with Gasteiger partial charge in [-0.25, -0.2) is 0 Å². The Morgan fingerprint density at radius 3 is 2.35 bits per heavy atom. The predicted octanol–water partition coefficient (Wildman–Crippen LogP) is 8.00. The van der Waals surface area contributed by atoms with E-state index >= 15 is 0 Å². The Kier molecular flexibility index (Phi) is 9.71. The van der Waals surface area contributed by atoms with Crippen molar-refractivity contribution >= 4 is 5.78 Å². The molecule has 0 N–H and O–H groups in total. The van der Waals surface area contributed by atoms with Gasteiger partial charge in [0.1, 0.15) is 6.10 Å². The van der Waals surface area contributed by atoms with E-state index in [4.69, 9.17) is 4.74 Å². The van der Waals surface area contributed by atoms with Crippen LogP contribution < -0.4 is 0 Å². The van der Waals surface area contributed by atoms with E-state index < -0.39 is 0 Å². The topological polar surface area (TPSA) is 29.5 Å². The lowest BCUT2D eigenvalue weighted by Crippen LogP contribution is -2.38. The molecular weight excluding hydrogens is 454 g/mol. The quantitative estimate of drug-likeness (QED) is 0.260. The lowest BCUT2D eigenvalue weighted by atomic mass is 9.86. The highest BCUT2D eigenvalue weighted by atomic mass is 16.5. The van der Waals surface area contributed by atoms with E-state index in [1.54, 1.807) is 0 Å². The van der Waals surface area contributed by atoms with Crippen LogP contribution in [0.25, 0.3) is 0 Å². The fraction of sp³-hybridized carbons (Fsp3) is 0.441. The molecule has 37 heavy (non-hydrogen) atoms. The molecule has 0 amide bonds. The number of ether oxygens (including phenoxy) is 1. The predicted molar refractivity (Wildman–Crippen MR) is 154 cm³/mol. The van der Waals surface area contributed by atoms with Crippen LogP contribution in [-0.4, -0.2) is 36.4 Å². The van der Waals surface area contributed by atoms with Crippen molar-refractivity contribution in [1.29, 1.82) is 0 Å². The van der Waals surface area contributed by atoms with Crippen LogP contribution in [0.1, 0.15) is 86.9 Å². The van der Waals surface area contributed by atoms with Crippen LogP contribution in [0.4, 0.5) is 0 Å². The average Bonchev–Trinajstić information content (AvgIpc) is 2.88. The number of carbonyl (C=O) groups excluding carboxylic acids is 1. The third-order valence-corrected chi connectivity index (χ3v) is 7.46. The molecule has 1 unspecified atom stereocenters. The third-order valence-electron chi connectivity index (χ3n) is 7.46. The van der Waals surface area contributed by atoms with E-state index in [1.807, 2.05) is 12.1 Å². The molecule has 0 saturated carbocycles. The number of carbonyl (C=O) groups is 1. The van der Waals surface area contributed by atoms with Crippen molar-refractivity contribution in [2.45, 2.75) is 76.9 Å². The van der Waals surface area contributed by atoms with Crippen LogP contribution in [0.5, 0.6) is 0 Å². The van der Waals surface area contributed by atoms with Crippen LogP contribution in [0.3, 0.4) is 0 Å². The summed E-state index contributed by atoms with van der Waals surface area (Å²) in [6.45, 7) is 9.62. The normalized spacial score (nSPS) is 20.5. The SMILES string of the molecule is CC(C)(C)c1ccc(C(=O)CCCN2CCC(OC(/C3=C/C/C=C\CC=C3)c3ccccc3)CC2)cc1. The molecule has 1 aliphatic carbocycles. The Morgan fingerprint density at radius 2 is 1.65 bits per heavy atom. The van der Waals surface area contributed by atoms with Crippen molar-refractivity contribution in [2.75, 3.05) is 19.6 Å². The number of piperidine rings is 1. The molecule has 1 heterocycles. The first-order valence-corrected chi connectivity index (χ1v) is 14.0. The van der Waals surface area contributed by atoms with Crippen molar-refractivity contribution in [3.8, 4) is 0 Å². The molecule has 3 nitrogen and oxygen atoms in total. The molecule has 1 aliphatic heterocycles. The number of allylic oxidation sites excluding steroid dienone is 4. The number of nitrogens with zero attached hydrogens (tertiary/aromatic N) is 1. The maximum absolute atomic E-state index is 12.7. The highest BCUT2D eigenvalue weighted by Gasteiger charge is 2.25. The summed E-state index contributed by atoms with van der Waals surface area (Å²) in [4.78, 5) is 15.2. The molecule has 0 aromatic heterocycles. The fourth-order valence-electron chi connectivity index (χ4n) is 5.14. The fourth-order valence-corrected chi connectivity index (χ4v) is 5.14. The minimum absolute atomic E-state index is 0.0252. The summed E-state index contributed by atoms with van der Waals surface area (Å²) >= 11 is 0. The summed E-state index contributed by atoms with van der Waals surface area (Å²) in [5.74, 6) is 0.250. The molecule has 2 aliphatic rings. The largest absolute Gasteiger partial charge is 0.365 e. The van der Waals surface area contributed by atoms with Gasteiger partial charge >= 0.3 is 0 Å². The maximum atomic E-state index is 12.7. The van der Waals surface area contributed by atoms with E-state index in [0.717, 1.165) is 57.3 Å². The Balaban J connectivity index is 1.26. The van der Waals surface area contributed by atoms with Crippen LogP contribution >= 0.6 is 0 Å². The summed E-state index contributed by atoms with van der Waals surface area (Å²) in [7, 11) is 0. The number of rotatable bonds is 9. The zero-order chi connectivity index (χ0) is 26.1. The van der Waals surface area contributed by atoms with Gasteiger partial charge < -0.3 is 9.64 Å². The molecular formula is C34H43NO2. The molecule has 1 fully saturated rings. The minimum atomic E-state index is -0.0252. The third kappa shape index (κ3) is 8.12. The van der Waals surface area contributed by atoms with Crippen molar-refractivity contribution in [3.05, 3.63) is 107 Å². The van der Waals surface area contributed by atoms with Gasteiger partial charge in [0.15, 0.2) is 5.78 Å². The van der Waals surface area contributed by atoms with Crippen LogP contribution in [0.15, 0.2) is 90.6 Å². The van der Waals surface area contributed by atoms with E-state index in [0.29, 0.717) is 6.42 Å². The molecule has 0 radical (unpaired) electrons. The van der Waals surface area contributed by atoms with Crippen LogP contribution in [0.2, 0.25) is 0 Å². The number of likely N-dealkylation sites (tertiary alicyclic amines) is 1. The second-order valence-electron chi connectivity index (χ2n) is 11.4. The lowest BCUT2D eigenvalue weighted by Gasteiger charge is -2.34. The highest BCUT2D eigenvalue weighted by molar-refractivity contribution is 5.96. The summed E-state index contributed by atoms with van der Waals surface area (Å²) in [6, 6.07) is 18.8. The van der Waals surface area contributed by atoms with Crippen LogP contribution in [0, 0.1) is 0 Å². The van der Waals surface area contributed by atoms with Gasteiger partial charge in [-0.05, 0) is 60.8 Å². The minimum Gasteiger partial charge on any atom is -0.365 e. The second kappa shape index (κ2) is 13.2. The first-order valence-electron chi connectivity index (χ1n) is 14.0. The molecule has 1 saturated heterocycles. The number of hydrogen-bond donors (Lipinski definition) is 0. The molecule has 0 spiro atoms. The van der Waals surface area contributed by atoms with Crippen LogP contribution in [-0.2, 0) is 10.2 Å². The van der Waals surface area contributed by atoms with Gasteiger partial charge in [0, 0.05) is 25.1 Å². The van der Waals surface area contributed by atoms with Gasteiger partial charge in [-0.1, -0.05) is 106 Å². The van der Waals surface area contributed by atoms with Gasteiger partial charge in [-0.15, -0.1) is 0 Å². The van der Waals surface area contributed by atoms with Gasteiger partial charge in [-0.3, -0.25) is 4.79 Å². The molecule has 1 atom stereocenters. The molecule has 2 aromatic carbocycles. The van der Waals surface area contributed by atoms with Crippen molar-refractivity contribution < 1.29 is 9.53 Å². The van der Waals surface area contributed by atoms with Gasteiger partial charge in [-0.2, -0.15) is 0 Å². The van der Waals surface area contributed by atoms with Gasteiger partial charge in [0.05, 0.1) is 6.10 Å². The number of hydrogen-bond acceptors (Lipinski definition) is 3. The molecule has 2 aromatic rings. The summed E-state index contributed by atoms with van der Waals surface area (Å²) in [6.07, 6.45) is 16.9. The first-order chi connectivity index (χ1) is 17.9. The van der Waals surface area contributed by atoms with Crippen molar-refractivity contribution in [1.82, 2.24) is 4.90 Å². The summed E-state index contributed by atoms with van der Waals surface area (Å²) < 4.78 is 6.77. The lowest BCUT2D eigenvalue weighted by molar-refractivity contribution is -0.0274. The summed E-state index contributed by atoms with van der Waals surface area (Å²) in [5, 5.41) is 0. The molecule has 3 heteroatoms. The average molecular weight is 498 g/mol. The van der Waals surface area contributed by atoms with Gasteiger partial charge in [0.2, 0.25) is 0 Å². The van der Waals surface area contributed by atoms with E-state index in [1.165, 1.54) is 16.7 Å². The van der Waals surface area contributed by atoms with E-state index in [9.17, 15) is 4.79 Å². The number of benzene rings is 2. The Bertz CT molecular complexity index is 1080. The Hall–Kier alpha value is -2.75. The Labute approximate surface area is 223 Å².